The molecule has 2 aromatic heterocycles. The summed E-state index contributed by atoms with van der Waals surface area (Å²) in [4.78, 5) is 80.9. The number of carboxylic acids is 1. The van der Waals surface area contributed by atoms with Gasteiger partial charge in [0.05, 0.1) is 11.8 Å². The highest BCUT2D eigenvalue weighted by Gasteiger charge is 2.24. The molecule has 8 N–H and O–H groups in total. The largest absolute Gasteiger partial charge is 0.478 e. The van der Waals surface area contributed by atoms with Gasteiger partial charge in [0.25, 0.3) is 22.7 Å². The van der Waals surface area contributed by atoms with Crippen molar-refractivity contribution in [1.29, 1.82) is 0 Å². The average Bonchev–Trinajstić information content (AvgIpc) is 3.50. The predicted octanol–water partition coefficient (Wildman–Crippen LogP) is 0.104. The van der Waals surface area contributed by atoms with Crippen molar-refractivity contribution in [3.63, 3.8) is 0 Å². The lowest BCUT2D eigenvalue weighted by atomic mass is 10.0. The van der Waals surface area contributed by atoms with E-state index in [1.165, 1.54) is 47.3 Å². The molecule has 0 unspecified atom stereocenters. The standard InChI is InChI=1S/C29H24N8O7/c30-21-23(25(39)24(21)38)33-10-14-2-1-3-15(8-14)11-34-27(41)18-9-19(37-13-32-12-20(37)35-18)28(42)36-22(26(31)40)16-4-6-17(7-5-16)29(43)44/h1-9,12-13,22,33H,10-11,30H2,(H2,31,40)(H,34,41)(H,36,42)(H,43,44)/t22-/m1/s1. The smallest absolute Gasteiger partial charge is 0.335 e. The van der Waals surface area contributed by atoms with E-state index in [1.807, 2.05) is 0 Å². The molecule has 0 radical (unpaired) electrons. The number of nitrogens with zero attached hydrogens (tertiary/aromatic N) is 3. The van der Waals surface area contributed by atoms with E-state index in [4.69, 9.17) is 16.6 Å². The quantitative estimate of drug-likeness (QED) is 0.112. The molecule has 5 aromatic rings. The van der Waals surface area contributed by atoms with Gasteiger partial charge in [-0.05, 0) is 34.9 Å². The Labute approximate surface area is 247 Å². The van der Waals surface area contributed by atoms with Crippen molar-refractivity contribution in [3.8, 4) is 0 Å². The molecule has 0 aliphatic heterocycles. The molecule has 0 bridgehead atoms. The molecule has 3 aromatic carbocycles. The van der Waals surface area contributed by atoms with Crippen molar-refractivity contribution in [2.45, 2.75) is 19.1 Å². The molecule has 2 heterocycles. The van der Waals surface area contributed by atoms with E-state index >= 15 is 0 Å². The van der Waals surface area contributed by atoms with Crippen molar-refractivity contribution in [2.75, 3.05) is 11.1 Å². The molecule has 5 rings (SSSR count). The van der Waals surface area contributed by atoms with Crippen LogP contribution in [0.15, 0.2) is 76.7 Å². The van der Waals surface area contributed by atoms with Gasteiger partial charge >= 0.3 is 5.97 Å². The van der Waals surface area contributed by atoms with Gasteiger partial charge in [-0.2, -0.15) is 0 Å². The fraction of sp³-hybridized carbons (Fsp3) is 0.103. The van der Waals surface area contributed by atoms with Crippen LogP contribution in [-0.4, -0.2) is 43.2 Å². The van der Waals surface area contributed by atoms with E-state index in [1.54, 1.807) is 24.3 Å². The van der Waals surface area contributed by atoms with Crippen LogP contribution >= 0.6 is 0 Å². The third-order valence-corrected chi connectivity index (χ3v) is 6.76. The van der Waals surface area contributed by atoms with Gasteiger partial charge in [-0.3, -0.25) is 28.4 Å². The maximum absolute atomic E-state index is 13.3. The summed E-state index contributed by atoms with van der Waals surface area (Å²) in [5, 5.41) is 17.2. The van der Waals surface area contributed by atoms with Crippen LogP contribution < -0.4 is 38.3 Å². The van der Waals surface area contributed by atoms with E-state index < -0.39 is 40.6 Å². The summed E-state index contributed by atoms with van der Waals surface area (Å²) >= 11 is 0. The number of hydrogen-bond donors (Lipinski definition) is 6. The SMILES string of the molecule is NC(=O)[C@H](NC(=O)c1cc(C(=O)NCc2cccc(CNc3c(N)c(=O)c3=O)c2)nc2cncn12)c1ccc(C(=O)O)cc1. The first-order chi connectivity index (χ1) is 21.0. The zero-order valence-corrected chi connectivity index (χ0v) is 22.7. The number of aromatic nitrogens is 3. The molecule has 222 valence electrons. The summed E-state index contributed by atoms with van der Waals surface area (Å²) in [5.74, 6) is -3.41. The Morgan fingerprint density at radius 3 is 2.30 bits per heavy atom. The van der Waals surface area contributed by atoms with Crippen LogP contribution in [0.25, 0.3) is 5.65 Å². The van der Waals surface area contributed by atoms with Crippen LogP contribution in [0.1, 0.15) is 54.1 Å². The van der Waals surface area contributed by atoms with Gasteiger partial charge in [0.15, 0.2) is 5.65 Å². The highest BCUT2D eigenvalue weighted by atomic mass is 16.4. The zero-order valence-electron chi connectivity index (χ0n) is 22.7. The van der Waals surface area contributed by atoms with Crippen molar-refractivity contribution < 1.29 is 24.3 Å². The Morgan fingerprint density at radius 1 is 0.932 bits per heavy atom. The van der Waals surface area contributed by atoms with E-state index in [9.17, 15) is 28.8 Å². The van der Waals surface area contributed by atoms with Crippen LogP contribution in [0, 0.1) is 0 Å². The number of aromatic carboxylic acids is 1. The minimum Gasteiger partial charge on any atom is -0.478 e. The van der Waals surface area contributed by atoms with Gasteiger partial charge in [-0.25, -0.2) is 14.8 Å². The van der Waals surface area contributed by atoms with Crippen LogP contribution in [0.5, 0.6) is 0 Å². The van der Waals surface area contributed by atoms with Crippen molar-refractivity contribution in [1.82, 2.24) is 25.0 Å². The number of amides is 3. The lowest BCUT2D eigenvalue weighted by Crippen LogP contribution is -2.38. The Balaban J connectivity index is 1.30. The molecule has 15 nitrogen and oxygen atoms in total. The molecule has 0 aliphatic carbocycles. The molecule has 3 amide bonds. The average molecular weight is 597 g/mol. The number of nitrogens with two attached hydrogens (primary N) is 2. The first kappa shape index (κ1) is 29.1. The van der Waals surface area contributed by atoms with E-state index in [0.29, 0.717) is 0 Å². The minimum atomic E-state index is -1.30. The Bertz CT molecular complexity index is 2010. The number of primary amides is 1. The number of benzene rings is 2. The fourth-order valence-corrected chi connectivity index (χ4v) is 4.44. The van der Waals surface area contributed by atoms with Gasteiger partial charge in [0, 0.05) is 13.1 Å². The Morgan fingerprint density at radius 2 is 1.64 bits per heavy atom. The summed E-state index contributed by atoms with van der Waals surface area (Å²) in [6.45, 7) is 0.323. The van der Waals surface area contributed by atoms with Crippen molar-refractivity contribution >= 4 is 40.7 Å². The van der Waals surface area contributed by atoms with E-state index in [2.05, 4.69) is 25.9 Å². The van der Waals surface area contributed by atoms with Gasteiger partial charge in [0.2, 0.25) is 5.91 Å². The Kier molecular flexibility index (Phi) is 7.84. The highest BCUT2D eigenvalue weighted by molar-refractivity contribution is 6.00. The second kappa shape index (κ2) is 11.8. The molecule has 0 aliphatic rings. The topological polar surface area (TPSA) is 241 Å². The number of imidazole rings is 1. The number of carboxylic acid groups (broad SMARTS) is 1. The first-order valence-corrected chi connectivity index (χ1v) is 13.0. The summed E-state index contributed by atoms with van der Waals surface area (Å²) < 4.78 is 1.33. The number of fused-ring (bicyclic) bond motifs is 1. The maximum Gasteiger partial charge on any atom is 0.335 e. The monoisotopic (exact) mass is 596 g/mol. The van der Waals surface area contributed by atoms with E-state index in [0.717, 1.165) is 11.1 Å². The molecule has 0 fully saturated rings. The molecule has 15 heteroatoms. The van der Waals surface area contributed by atoms with Gasteiger partial charge in [-0.15, -0.1) is 0 Å². The third-order valence-electron chi connectivity index (χ3n) is 6.76. The summed E-state index contributed by atoms with van der Waals surface area (Å²) in [6.07, 6.45) is 2.67. The van der Waals surface area contributed by atoms with Crippen LogP contribution in [0.4, 0.5) is 11.4 Å². The third kappa shape index (κ3) is 5.82. The van der Waals surface area contributed by atoms with Crippen LogP contribution in [0.2, 0.25) is 0 Å². The lowest BCUT2D eigenvalue weighted by Gasteiger charge is -2.17. The van der Waals surface area contributed by atoms with E-state index in [-0.39, 0.29) is 52.6 Å². The summed E-state index contributed by atoms with van der Waals surface area (Å²) in [6, 6.07) is 12.3. The van der Waals surface area contributed by atoms with Crippen LogP contribution in [0.3, 0.4) is 0 Å². The number of nitrogen functional groups attached to an aromatic ring is 1. The summed E-state index contributed by atoms with van der Waals surface area (Å²) in [7, 11) is 0. The molecular weight excluding hydrogens is 572 g/mol. The highest BCUT2D eigenvalue weighted by Crippen LogP contribution is 2.17. The molecule has 0 saturated carbocycles. The Hall–Kier alpha value is -6.38. The van der Waals surface area contributed by atoms with Crippen LogP contribution in [-0.2, 0) is 17.9 Å². The number of anilines is 2. The second-order valence-electron chi connectivity index (χ2n) is 9.69. The minimum absolute atomic E-state index is 0.0118. The first-order valence-electron chi connectivity index (χ1n) is 13.0. The number of carbonyl (C=O) groups is 4. The maximum atomic E-state index is 13.3. The molecule has 0 spiro atoms. The lowest BCUT2D eigenvalue weighted by molar-refractivity contribution is -0.120. The number of carbonyl (C=O) groups excluding carboxylic acids is 3. The number of hydrogen-bond acceptors (Lipinski definition) is 10. The molecule has 0 saturated heterocycles. The van der Waals surface area contributed by atoms with Crippen molar-refractivity contribution in [3.05, 3.63) is 121 Å². The second-order valence-corrected chi connectivity index (χ2v) is 9.69. The molecule has 44 heavy (non-hydrogen) atoms. The van der Waals surface area contributed by atoms with Crippen molar-refractivity contribution in [2.24, 2.45) is 5.73 Å². The predicted molar refractivity (Wildman–Crippen MR) is 156 cm³/mol. The summed E-state index contributed by atoms with van der Waals surface area (Å²) in [5.41, 5.74) is 11.4. The molecular formula is C29H24N8O7. The molecule has 1 atom stereocenters. The zero-order chi connectivity index (χ0) is 31.5. The van der Waals surface area contributed by atoms with Gasteiger partial charge < -0.3 is 32.5 Å². The number of nitrogens with one attached hydrogen (secondary N) is 3. The normalized spacial score (nSPS) is 11.6. The number of rotatable bonds is 11. The van der Waals surface area contributed by atoms with Gasteiger partial charge in [0.1, 0.15) is 35.1 Å². The van der Waals surface area contributed by atoms with Gasteiger partial charge in [-0.1, -0.05) is 36.4 Å². The fourth-order valence-electron chi connectivity index (χ4n) is 4.44.